The van der Waals surface area contributed by atoms with Gasteiger partial charge in [-0.25, -0.2) is 0 Å². The molecule has 0 saturated heterocycles. The Hall–Kier alpha value is -1.36. The highest BCUT2D eigenvalue weighted by atomic mass is 16.5. The fourth-order valence-electron chi connectivity index (χ4n) is 11.9. The second kappa shape index (κ2) is 8.57. The van der Waals surface area contributed by atoms with Crippen molar-refractivity contribution < 1.29 is 24.5 Å². The average molecular weight is 515 g/mol. The second-order valence-electron chi connectivity index (χ2n) is 15.0. The largest absolute Gasteiger partial charge is 0.481 e. The van der Waals surface area contributed by atoms with Gasteiger partial charge in [0.25, 0.3) is 0 Å². The van der Waals surface area contributed by atoms with E-state index in [9.17, 15) is 19.8 Å². The van der Waals surface area contributed by atoms with Crippen LogP contribution in [0.15, 0.2) is 12.2 Å². The topological polar surface area (TPSA) is 83.8 Å². The molecular formula is C32H50O5. The van der Waals surface area contributed by atoms with Gasteiger partial charge in [0.05, 0.1) is 18.1 Å². The molecule has 0 heterocycles. The molecule has 5 nitrogen and oxygen atoms in total. The fourth-order valence-corrected chi connectivity index (χ4v) is 11.9. The van der Waals surface area contributed by atoms with E-state index in [1.807, 2.05) is 0 Å². The lowest BCUT2D eigenvalue weighted by Gasteiger charge is -2.73. The van der Waals surface area contributed by atoms with Crippen LogP contribution in [-0.2, 0) is 14.3 Å². The molecule has 5 saturated carbocycles. The smallest absolute Gasteiger partial charge is 0.309 e. The number of ether oxygens (including phenoxy) is 1. The van der Waals surface area contributed by atoms with E-state index >= 15 is 0 Å². The van der Waals surface area contributed by atoms with Gasteiger partial charge in [-0.1, -0.05) is 39.8 Å². The van der Waals surface area contributed by atoms with Gasteiger partial charge >= 0.3 is 11.9 Å². The number of rotatable bonds is 4. The maximum absolute atomic E-state index is 12.9. The zero-order valence-corrected chi connectivity index (χ0v) is 24.1. The molecule has 10 atom stereocenters. The number of hydrogen-bond acceptors (Lipinski definition) is 4. The van der Waals surface area contributed by atoms with Crippen LogP contribution in [0.25, 0.3) is 0 Å². The van der Waals surface area contributed by atoms with Crippen LogP contribution in [0.4, 0.5) is 0 Å². The predicted octanol–water partition coefficient (Wildman–Crippen LogP) is 6.63. The normalized spacial score (nSPS) is 50.1. The quantitative estimate of drug-likeness (QED) is 0.325. The van der Waals surface area contributed by atoms with E-state index in [1.54, 1.807) is 0 Å². The van der Waals surface area contributed by atoms with E-state index in [2.05, 4.69) is 41.2 Å². The Morgan fingerprint density at radius 2 is 1.59 bits per heavy atom. The number of esters is 1. The third-order valence-corrected chi connectivity index (χ3v) is 13.7. The van der Waals surface area contributed by atoms with Crippen LogP contribution in [0.3, 0.4) is 0 Å². The van der Waals surface area contributed by atoms with E-state index in [0.717, 1.165) is 63.4 Å². The maximum Gasteiger partial charge on any atom is 0.309 e. The first-order valence-electron chi connectivity index (χ1n) is 14.9. The summed E-state index contributed by atoms with van der Waals surface area (Å²) < 4.78 is 5.97. The molecule has 37 heavy (non-hydrogen) atoms. The highest BCUT2D eigenvalue weighted by molar-refractivity contribution is 5.76. The van der Waals surface area contributed by atoms with Gasteiger partial charge in [0, 0.05) is 12.3 Å². The monoisotopic (exact) mass is 514 g/mol. The molecule has 2 N–H and O–H groups in total. The van der Waals surface area contributed by atoms with Crippen molar-refractivity contribution in [1.82, 2.24) is 0 Å². The number of aliphatic hydroxyl groups is 1. The Bertz CT molecular complexity index is 986. The third-order valence-electron chi connectivity index (χ3n) is 13.7. The molecule has 208 valence electrons. The number of carboxylic acid groups (broad SMARTS) is 1. The highest BCUT2D eigenvalue weighted by Crippen LogP contribution is 2.77. The Morgan fingerprint density at radius 1 is 0.892 bits per heavy atom. The van der Waals surface area contributed by atoms with Crippen LogP contribution in [0.1, 0.15) is 106 Å². The summed E-state index contributed by atoms with van der Waals surface area (Å²) in [6.45, 7) is 17.8. The van der Waals surface area contributed by atoms with Crippen LogP contribution in [0, 0.1) is 56.7 Å². The first kappa shape index (κ1) is 27.2. The number of aliphatic hydroxyl groups excluding tert-OH is 1. The number of carbonyl (C=O) groups is 2. The molecule has 0 radical (unpaired) electrons. The molecule has 0 aromatic carbocycles. The summed E-state index contributed by atoms with van der Waals surface area (Å²) in [6, 6.07) is 0. The van der Waals surface area contributed by atoms with Gasteiger partial charge < -0.3 is 14.9 Å². The summed E-state index contributed by atoms with van der Waals surface area (Å²) in [5.41, 5.74) is 0.168. The minimum Gasteiger partial charge on any atom is -0.481 e. The minimum absolute atomic E-state index is 0.0398. The lowest BCUT2D eigenvalue weighted by Crippen LogP contribution is -2.69. The van der Waals surface area contributed by atoms with Crippen molar-refractivity contribution in [2.24, 2.45) is 56.7 Å². The van der Waals surface area contributed by atoms with Gasteiger partial charge in [-0.2, -0.15) is 0 Å². The van der Waals surface area contributed by atoms with Crippen LogP contribution < -0.4 is 0 Å². The molecule has 5 rings (SSSR count). The van der Waals surface area contributed by atoms with Gasteiger partial charge in [0.1, 0.15) is 0 Å². The van der Waals surface area contributed by atoms with Crippen molar-refractivity contribution >= 4 is 11.9 Å². The van der Waals surface area contributed by atoms with E-state index < -0.39 is 11.4 Å². The summed E-state index contributed by atoms with van der Waals surface area (Å²) in [6.07, 6.45) is 8.95. The molecule has 0 aliphatic heterocycles. The molecule has 5 aliphatic carbocycles. The van der Waals surface area contributed by atoms with Crippen molar-refractivity contribution in [2.45, 2.75) is 112 Å². The first-order chi connectivity index (χ1) is 17.2. The van der Waals surface area contributed by atoms with Crippen LogP contribution >= 0.6 is 0 Å². The van der Waals surface area contributed by atoms with E-state index in [0.29, 0.717) is 24.9 Å². The fraction of sp³-hybridized carbons (Fsp3) is 0.875. The summed E-state index contributed by atoms with van der Waals surface area (Å²) in [4.78, 5) is 25.2. The van der Waals surface area contributed by atoms with Crippen LogP contribution in [0.5, 0.6) is 0 Å². The van der Waals surface area contributed by atoms with Crippen molar-refractivity contribution in [3.63, 3.8) is 0 Å². The molecule has 5 aliphatic rings. The van der Waals surface area contributed by atoms with Gasteiger partial charge in [0.15, 0.2) is 0 Å². The molecule has 0 aromatic heterocycles. The molecule has 0 bridgehead atoms. The van der Waals surface area contributed by atoms with Crippen molar-refractivity contribution in [3.05, 3.63) is 12.2 Å². The summed E-state index contributed by atoms with van der Waals surface area (Å²) in [5.74, 6) is 0.546. The summed E-state index contributed by atoms with van der Waals surface area (Å²) >= 11 is 0. The van der Waals surface area contributed by atoms with Gasteiger partial charge in [-0.3, -0.25) is 9.59 Å². The molecule has 0 spiro atoms. The Labute approximate surface area is 223 Å². The summed E-state index contributed by atoms with van der Waals surface area (Å²) in [7, 11) is 0. The molecular weight excluding hydrogens is 464 g/mol. The minimum atomic E-state index is -0.685. The number of carboxylic acids is 1. The predicted molar refractivity (Wildman–Crippen MR) is 144 cm³/mol. The van der Waals surface area contributed by atoms with Crippen molar-refractivity contribution in [2.75, 3.05) is 6.61 Å². The molecule has 0 unspecified atom stereocenters. The lowest BCUT2D eigenvalue weighted by molar-refractivity contribution is -0.263. The molecule has 5 fully saturated rings. The van der Waals surface area contributed by atoms with Gasteiger partial charge in [-0.15, -0.1) is 0 Å². The SMILES string of the molecule is C=C(C)[C@@H]1CC[C@@]2(C(=O)O)CC[C@]3(COC(C)=O)[C@H](CC[C@H]4[C@@]5(C)CC[C@@H](O)C(C)(C)[C@H]5CC[C@@]43C)[C@@H]12. The Kier molecular flexibility index (Phi) is 6.30. The average Bonchev–Trinajstić information content (AvgIpc) is 3.22. The second-order valence-corrected chi connectivity index (χ2v) is 15.0. The van der Waals surface area contributed by atoms with E-state index in [4.69, 9.17) is 4.74 Å². The maximum atomic E-state index is 12.9. The molecule has 0 aromatic rings. The Balaban J connectivity index is 1.63. The third kappa shape index (κ3) is 3.44. The van der Waals surface area contributed by atoms with E-state index in [-0.39, 0.29) is 51.5 Å². The van der Waals surface area contributed by atoms with Crippen LogP contribution in [-0.4, -0.2) is 34.9 Å². The van der Waals surface area contributed by atoms with Gasteiger partial charge in [0.2, 0.25) is 0 Å². The first-order valence-corrected chi connectivity index (χ1v) is 14.9. The zero-order valence-electron chi connectivity index (χ0n) is 24.1. The lowest BCUT2D eigenvalue weighted by atomic mass is 9.32. The highest BCUT2D eigenvalue weighted by Gasteiger charge is 2.73. The number of allylic oxidation sites excluding steroid dienone is 1. The van der Waals surface area contributed by atoms with Crippen molar-refractivity contribution in [1.29, 1.82) is 0 Å². The van der Waals surface area contributed by atoms with Gasteiger partial charge in [-0.05, 0) is 117 Å². The van der Waals surface area contributed by atoms with Crippen LogP contribution in [0.2, 0.25) is 0 Å². The summed E-state index contributed by atoms with van der Waals surface area (Å²) in [5, 5.41) is 21.6. The molecule has 5 heteroatoms. The Morgan fingerprint density at radius 3 is 2.22 bits per heavy atom. The molecule has 0 amide bonds. The van der Waals surface area contributed by atoms with E-state index in [1.165, 1.54) is 6.92 Å². The number of aliphatic carboxylic acids is 1. The number of hydrogen-bond donors (Lipinski definition) is 2. The van der Waals surface area contributed by atoms with Crippen molar-refractivity contribution in [3.8, 4) is 0 Å². The number of carbonyl (C=O) groups excluding carboxylic acids is 1. The standard InChI is InChI=1S/C32H50O5/c1-19(2)21-10-15-31(27(35)36)16-17-32(18-37-20(3)33)22(26(21)31)8-9-24-29(6)13-12-25(34)28(4,5)23(29)11-14-30(24,32)7/h21-26,34H,1,8-18H2,2-7H3,(H,35,36)/t21-,22+,23+,24-,25+,26+,29-,30-,31+,32-/m0/s1. The number of fused-ring (bicyclic) bond motifs is 7. The zero-order chi connectivity index (χ0) is 27.2.